The number of fused-ring (bicyclic) bond motifs is 1. The van der Waals surface area contributed by atoms with Crippen molar-refractivity contribution in [1.29, 1.82) is 0 Å². The van der Waals surface area contributed by atoms with E-state index in [4.69, 9.17) is 14.2 Å². The van der Waals surface area contributed by atoms with Crippen molar-refractivity contribution >= 4 is 11.8 Å². The maximum absolute atomic E-state index is 13.2. The Kier molecular flexibility index (Phi) is 12.5. The van der Waals surface area contributed by atoms with Crippen molar-refractivity contribution in [3.63, 3.8) is 0 Å². The van der Waals surface area contributed by atoms with E-state index < -0.39 is 11.9 Å². The minimum absolute atomic E-state index is 0.0260. The van der Waals surface area contributed by atoms with Crippen molar-refractivity contribution in [2.75, 3.05) is 7.11 Å². The molecule has 1 aliphatic rings. The molecule has 43 heavy (non-hydrogen) atoms. The Morgan fingerprint density at radius 3 is 2.35 bits per heavy atom. The molecule has 0 aliphatic carbocycles. The molecule has 4 atom stereocenters. The Labute approximate surface area is 260 Å². The van der Waals surface area contributed by atoms with Gasteiger partial charge in [0.1, 0.15) is 35.4 Å². The quantitative estimate of drug-likeness (QED) is 0.118. The van der Waals surface area contributed by atoms with E-state index in [0.29, 0.717) is 25.4 Å². The maximum Gasteiger partial charge on any atom is 0.316 e. The fourth-order valence-electron chi connectivity index (χ4n) is 6.23. The van der Waals surface area contributed by atoms with E-state index in [9.17, 15) is 9.59 Å². The zero-order chi connectivity index (χ0) is 31.7. The van der Waals surface area contributed by atoms with Crippen LogP contribution in [-0.4, -0.2) is 24.5 Å². The summed E-state index contributed by atoms with van der Waals surface area (Å²) in [6.07, 6.45) is 10.2. The molecule has 1 heterocycles. The van der Waals surface area contributed by atoms with Crippen LogP contribution in [0.25, 0.3) is 0 Å². The lowest BCUT2D eigenvalue weighted by molar-refractivity contribution is -0.151. The fraction of sp³-hybridized carbons (Fsp3) is 0.579. The largest absolute Gasteiger partial charge is 0.488 e. The number of hydrogen-bond acceptors (Lipinski definition) is 5. The minimum atomic E-state index is -0.781. The van der Waals surface area contributed by atoms with Gasteiger partial charge in [-0.15, -0.1) is 0 Å². The third-order valence-electron chi connectivity index (χ3n) is 9.13. The number of carbonyl (C=O) groups excluding carboxylic acids is 2. The predicted molar refractivity (Wildman–Crippen MR) is 175 cm³/mol. The molecule has 0 fully saturated rings. The van der Waals surface area contributed by atoms with Crippen LogP contribution in [0, 0.1) is 44.4 Å². The molecular weight excluding hydrogens is 536 g/mol. The SMILES string of the molecule is COC(=O)C(C(=O)C[C@H](C)CCCC(C)C)[C@@H](C)/C=C/C[C@]1(C)CCc2c(C)c(OCc3ccccc3)c(C)c(C)c2O1. The molecule has 0 bridgehead atoms. The highest BCUT2D eigenvalue weighted by molar-refractivity contribution is 5.99. The maximum atomic E-state index is 13.2. The van der Waals surface area contributed by atoms with Crippen LogP contribution in [0.2, 0.25) is 0 Å². The van der Waals surface area contributed by atoms with Crippen molar-refractivity contribution in [1.82, 2.24) is 0 Å². The number of allylic oxidation sites excluding steroid dienone is 1. The zero-order valence-electron chi connectivity index (χ0n) is 28.0. The molecule has 236 valence electrons. The molecular formula is C38H54O5. The van der Waals surface area contributed by atoms with Gasteiger partial charge in [0.05, 0.1) is 7.11 Å². The second-order valence-corrected chi connectivity index (χ2v) is 13.4. The summed E-state index contributed by atoms with van der Waals surface area (Å²) >= 11 is 0. The van der Waals surface area contributed by atoms with Gasteiger partial charge in [-0.3, -0.25) is 9.59 Å². The van der Waals surface area contributed by atoms with Crippen molar-refractivity contribution in [2.45, 2.75) is 113 Å². The number of Topliss-reactive ketones (excluding diaryl/α,β-unsaturated/α-hetero) is 1. The summed E-state index contributed by atoms with van der Waals surface area (Å²) < 4.78 is 18.1. The molecule has 0 spiro atoms. The summed E-state index contributed by atoms with van der Waals surface area (Å²) in [5.74, 6) is 1.32. The molecule has 5 heteroatoms. The second-order valence-electron chi connectivity index (χ2n) is 13.4. The Hall–Kier alpha value is -3.08. The third kappa shape index (κ3) is 9.20. The number of rotatable bonds is 15. The number of carbonyl (C=O) groups is 2. The van der Waals surface area contributed by atoms with Crippen molar-refractivity contribution in [3.05, 3.63) is 70.3 Å². The van der Waals surface area contributed by atoms with E-state index in [0.717, 1.165) is 65.9 Å². The van der Waals surface area contributed by atoms with Gasteiger partial charge in [0.15, 0.2) is 0 Å². The summed E-state index contributed by atoms with van der Waals surface area (Å²) in [6, 6.07) is 10.2. The molecule has 0 N–H and O–H groups in total. The van der Waals surface area contributed by atoms with E-state index >= 15 is 0 Å². The molecule has 0 saturated heterocycles. The van der Waals surface area contributed by atoms with Gasteiger partial charge in [0, 0.05) is 18.4 Å². The molecule has 2 aromatic carbocycles. The van der Waals surface area contributed by atoms with Crippen LogP contribution in [-0.2, 0) is 27.4 Å². The average molecular weight is 591 g/mol. The highest BCUT2D eigenvalue weighted by atomic mass is 16.5. The zero-order valence-corrected chi connectivity index (χ0v) is 28.0. The van der Waals surface area contributed by atoms with Gasteiger partial charge in [-0.05, 0) is 80.5 Å². The molecule has 0 radical (unpaired) electrons. The Morgan fingerprint density at radius 1 is 1.00 bits per heavy atom. The van der Waals surface area contributed by atoms with Gasteiger partial charge in [0.2, 0.25) is 0 Å². The standard InChI is InChI=1S/C38H54O5/c1-25(2)15-13-16-26(3)23-33(39)34(37(40)41-9)27(4)17-14-21-38(8)22-20-32-30(7)35(28(5)29(6)36(32)43-38)42-24-31-18-11-10-12-19-31/h10-12,14,17-19,25-27,34H,13,15-16,20-24H2,1-9H3/b17-14+/t26-,27+,34?,38-/m1/s1. The van der Waals surface area contributed by atoms with Crippen LogP contribution in [0.5, 0.6) is 11.5 Å². The van der Waals surface area contributed by atoms with E-state index in [1.807, 2.05) is 31.2 Å². The molecule has 2 aromatic rings. The summed E-state index contributed by atoms with van der Waals surface area (Å²) in [4.78, 5) is 25.9. The van der Waals surface area contributed by atoms with Gasteiger partial charge in [-0.1, -0.05) is 89.4 Å². The Balaban J connectivity index is 1.67. The first-order valence-electron chi connectivity index (χ1n) is 16.1. The van der Waals surface area contributed by atoms with E-state index in [1.54, 1.807) is 0 Å². The highest BCUT2D eigenvalue weighted by Crippen LogP contribution is 2.45. The normalized spacial score (nSPS) is 18.6. The summed E-state index contributed by atoms with van der Waals surface area (Å²) in [7, 11) is 1.36. The Morgan fingerprint density at radius 2 is 1.70 bits per heavy atom. The molecule has 1 aliphatic heterocycles. The van der Waals surface area contributed by atoms with Gasteiger partial charge in [0.25, 0.3) is 0 Å². The Bertz CT molecular complexity index is 1260. The van der Waals surface area contributed by atoms with Crippen molar-refractivity contribution in [3.8, 4) is 11.5 Å². The second kappa shape index (κ2) is 15.6. The lowest BCUT2D eigenvalue weighted by atomic mass is 9.83. The average Bonchev–Trinajstić information content (AvgIpc) is 2.96. The molecule has 0 aromatic heterocycles. The molecule has 1 unspecified atom stereocenters. The van der Waals surface area contributed by atoms with Crippen LogP contribution in [0.15, 0.2) is 42.5 Å². The van der Waals surface area contributed by atoms with E-state index in [-0.39, 0.29) is 23.2 Å². The highest BCUT2D eigenvalue weighted by Gasteiger charge is 2.35. The van der Waals surface area contributed by atoms with Crippen LogP contribution in [0.3, 0.4) is 0 Å². The number of benzene rings is 2. The smallest absolute Gasteiger partial charge is 0.316 e. The van der Waals surface area contributed by atoms with Crippen LogP contribution >= 0.6 is 0 Å². The van der Waals surface area contributed by atoms with Crippen LogP contribution in [0.4, 0.5) is 0 Å². The lowest BCUT2D eigenvalue weighted by Crippen LogP contribution is -2.36. The van der Waals surface area contributed by atoms with Crippen molar-refractivity contribution in [2.24, 2.45) is 23.7 Å². The first-order chi connectivity index (χ1) is 20.4. The number of esters is 1. The van der Waals surface area contributed by atoms with Gasteiger partial charge >= 0.3 is 5.97 Å². The number of ketones is 1. The fourth-order valence-corrected chi connectivity index (χ4v) is 6.23. The molecule has 5 nitrogen and oxygen atoms in total. The van der Waals surface area contributed by atoms with E-state index in [2.05, 4.69) is 66.7 Å². The molecule has 0 amide bonds. The van der Waals surface area contributed by atoms with Gasteiger partial charge in [-0.25, -0.2) is 0 Å². The lowest BCUT2D eigenvalue weighted by Gasteiger charge is -2.38. The van der Waals surface area contributed by atoms with Gasteiger partial charge in [-0.2, -0.15) is 0 Å². The van der Waals surface area contributed by atoms with Crippen LogP contribution < -0.4 is 9.47 Å². The number of hydrogen-bond donors (Lipinski definition) is 0. The summed E-state index contributed by atoms with van der Waals surface area (Å²) in [5, 5.41) is 0. The summed E-state index contributed by atoms with van der Waals surface area (Å²) in [5.41, 5.74) is 5.37. The topological polar surface area (TPSA) is 61.8 Å². The first-order valence-corrected chi connectivity index (χ1v) is 16.1. The van der Waals surface area contributed by atoms with Gasteiger partial charge < -0.3 is 14.2 Å². The van der Waals surface area contributed by atoms with Crippen LogP contribution in [0.1, 0.15) is 101 Å². The molecule has 3 rings (SSSR count). The van der Waals surface area contributed by atoms with Crippen molar-refractivity contribution < 1.29 is 23.8 Å². The predicted octanol–water partition coefficient (Wildman–Crippen LogP) is 9.07. The number of ether oxygens (including phenoxy) is 3. The minimum Gasteiger partial charge on any atom is -0.488 e. The summed E-state index contributed by atoms with van der Waals surface area (Å²) in [6.45, 7) is 17.5. The third-order valence-corrected chi connectivity index (χ3v) is 9.13. The molecule has 0 saturated carbocycles. The monoisotopic (exact) mass is 590 g/mol. The first kappa shape index (κ1) is 34.4. The van der Waals surface area contributed by atoms with E-state index in [1.165, 1.54) is 12.7 Å². The number of methoxy groups -OCH3 is 1.